The van der Waals surface area contributed by atoms with Crippen molar-refractivity contribution in [3.05, 3.63) is 53.1 Å². The van der Waals surface area contributed by atoms with Crippen molar-refractivity contribution in [2.75, 3.05) is 19.5 Å². The van der Waals surface area contributed by atoms with Crippen molar-refractivity contribution >= 4 is 17.6 Å². The van der Waals surface area contributed by atoms with Crippen molar-refractivity contribution in [3.63, 3.8) is 0 Å². The number of benzene rings is 2. The molecular weight excluding hydrogens is 298 g/mol. The number of carbonyl (C=O) groups is 2. The summed E-state index contributed by atoms with van der Waals surface area (Å²) < 4.78 is 10.4. The molecule has 0 heterocycles. The van der Waals surface area contributed by atoms with Gasteiger partial charge in [-0.25, -0.2) is 4.79 Å². The van der Waals surface area contributed by atoms with Crippen LogP contribution in [0, 0.1) is 6.92 Å². The molecule has 0 spiro atoms. The maximum Gasteiger partial charge on any atom is 0.335 e. The summed E-state index contributed by atoms with van der Waals surface area (Å²) in [6.07, 6.45) is 0. The molecule has 120 valence electrons. The Morgan fingerprint density at radius 1 is 1.04 bits per heavy atom. The number of hydrogen-bond acceptors (Lipinski definition) is 4. The highest BCUT2D eigenvalue weighted by Gasteiger charge is 2.15. The van der Waals surface area contributed by atoms with Crippen LogP contribution in [-0.2, 0) is 0 Å². The molecule has 2 aromatic rings. The van der Waals surface area contributed by atoms with Gasteiger partial charge in [-0.3, -0.25) is 4.79 Å². The molecule has 0 aliphatic heterocycles. The number of amides is 1. The number of aryl methyl sites for hydroxylation is 1. The number of nitrogens with one attached hydrogen (secondary N) is 1. The van der Waals surface area contributed by atoms with E-state index >= 15 is 0 Å². The molecule has 2 aromatic carbocycles. The van der Waals surface area contributed by atoms with Crippen LogP contribution in [0.2, 0.25) is 0 Å². The number of rotatable bonds is 5. The zero-order chi connectivity index (χ0) is 17.0. The average molecular weight is 315 g/mol. The number of hydrogen-bond donors (Lipinski definition) is 2. The van der Waals surface area contributed by atoms with Gasteiger partial charge in [0.1, 0.15) is 0 Å². The van der Waals surface area contributed by atoms with Gasteiger partial charge in [-0.1, -0.05) is 6.07 Å². The van der Waals surface area contributed by atoms with Gasteiger partial charge in [-0.15, -0.1) is 0 Å². The smallest absolute Gasteiger partial charge is 0.335 e. The number of carbonyl (C=O) groups excluding carboxylic acids is 1. The van der Waals surface area contributed by atoms with Gasteiger partial charge in [0.2, 0.25) is 0 Å². The first-order chi connectivity index (χ1) is 11.0. The maximum atomic E-state index is 12.4. The van der Waals surface area contributed by atoms with Crippen LogP contribution < -0.4 is 14.8 Å². The van der Waals surface area contributed by atoms with Crippen LogP contribution >= 0.6 is 0 Å². The van der Waals surface area contributed by atoms with E-state index in [2.05, 4.69) is 5.32 Å². The van der Waals surface area contributed by atoms with Crippen molar-refractivity contribution in [1.29, 1.82) is 0 Å². The molecule has 2 rings (SSSR count). The minimum Gasteiger partial charge on any atom is -0.493 e. The molecule has 0 saturated heterocycles. The monoisotopic (exact) mass is 315 g/mol. The number of ether oxygens (including phenoxy) is 2. The number of anilines is 1. The SMILES string of the molecule is COc1cc(C)c(C(=O)Nc2cccc(C(=O)O)c2)cc1OC. The van der Waals surface area contributed by atoms with E-state index in [9.17, 15) is 9.59 Å². The molecule has 0 radical (unpaired) electrons. The zero-order valence-electron chi connectivity index (χ0n) is 13.0. The fourth-order valence-electron chi connectivity index (χ4n) is 2.15. The van der Waals surface area contributed by atoms with Gasteiger partial charge in [-0.2, -0.15) is 0 Å². The Labute approximate surface area is 133 Å². The number of carboxylic acids is 1. The van der Waals surface area contributed by atoms with E-state index in [1.165, 1.54) is 26.4 Å². The van der Waals surface area contributed by atoms with Crippen LogP contribution in [0.1, 0.15) is 26.3 Å². The maximum absolute atomic E-state index is 12.4. The second kappa shape index (κ2) is 6.83. The van der Waals surface area contributed by atoms with Crippen molar-refractivity contribution in [2.24, 2.45) is 0 Å². The van der Waals surface area contributed by atoms with Crippen LogP contribution in [0.4, 0.5) is 5.69 Å². The van der Waals surface area contributed by atoms with Crippen molar-refractivity contribution in [3.8, 4) is 11.5 Å². The number of carboxylic acid groups (broad SMARTS) is 1. The molecule has 6 nitrogen and oxygen atoms in total. The predicted molar refractivity (Wildman–Crippen MR) is 85.6 cm³/mol. The first-order valence-corrected chi connectivity index (χ1v) is 6.83. The Hall–Kier alpha value is -3.02. The molecule has 0 saturated carbocycles. The summed E-state index contributed by atoms with van der Waals surface area (Å²) in [6.45, 7) is 1.78. The Morgan fingerprint density at radius 3 is 2.30 bits per heavy atom. The molecule has 0 aliphatic carbocycles. The topological polar surface area (TPSA) is 84.9 Å². The molecule has 6 heteroatoms. The lowest BCUT2D eigenvalue weighted by Gasteiger charge is -2.13. The summed E-state index contributed by atoms with van der Waals surface area (Å²) in [6, 6.07) is 9.35. The zero-order valence-corrected chi connectivity index (χ0v) is 13.0. The van der Waals surface area contributed by atoms with E-state index in [1.807, 2.05) is 0 Å². The molecule has 1 amide bonds. The Kier molecular flexibility index (Phi) is 4.85. The number of aromatic carboxylic acids is 1. The lowest BCUT2D eigenvalue weighted by atomic mass is 10.1. The summed E-state index contributed by atoms with van der Waals surface area (Å²) in [5, 5.41) is 11.7. The third-order valence-corrected chi connectivity index (χ3v) is 3.34. The van der Waals surface area contributed by atoms with Gasteiger partial charge in [-0.05, 0) is 42.8 Å². The minimum absolute atomic E-state index is 0.104. The average Bonchev–Trinajstić information content (AvgIpc) is 2.54. The van der Waals surface area contributed by atoms with E-state index < -0.39 is 5.97 Å². The molecule has 0 aliphatic rings. The van der Waals surface area contributed by atoms with Crippen LogP contribution in [0.3, 0.4) is 0 Å². The lowest BCUT2D eigenvalue weighted by Crippen LogP contribution is -2.14. The Bertz CT molecular complexity index is 755. The van der Waals surface area contributed by atoms with Crippen LogP contribution in [0.5, 0.6) is 11.5 Å². The molecule has 23 heavy (non-hydrogen) atoms. The summed E-state index contributed by atoms with van der Waals surface area (Å²) in [7, 11) is 3.01. The van der Waals surface area contributed by atoms with Gasteiger partial charge in [0.05, 0.1) is 19.8 Å². The molecular formula is C17H17NO5. The highest BCUT2D eigenvalue weighted by Crippen LogP contribution is 2.30. The molecule has 0 unspecified atom stereocenters. The molecule has 0 fully saturated rings. The number of methoxy groups -OCH3 is 2. The van der Waals surface area contributed by atoms with Crippen molar-refractivity contribution in [2.45, 2.75) is 6.92 Å². The van der Waals surface area contributed by atoms with Crippen LogP contribution in [-0.4, -0.2) is 31.2 Å². The van der Waals surface area contributed by atoms with Crippen LogP contribution in [0.15, 0.2) is 36.4 Å². The first kappa shape index (κ1) is 16.4. The van der Waals surface area contributed by atoms with Gasteiger partial charge in [0.15, 0.2) is 11.5 Å². The first-order valence-electron chi connectivity index (χ1n) is 6.83. The highest BCUT2D eigenvalue weighted by molar-refractivity contribution is 6.06. The van der Waals surface area contributed by atoms with E-state index in [1.54, 1.807) is 31.2 Å². The second-order valence-electron chi connectivity index (χ2n) is 4.86. The molecule has 2 N–H and O–H groups in total. The van der Waals surface area contributed by atoms with E-state index in [0.29, 0.717) is 22.7 Å². The highest BCUT2D eigenvalue weighted by atomic mass is 16.5. The summed E-state index contributed by atoms with van der Waals surface area (Å²) in [5.74, 6) is -0.425. The van der Waals surface area contributed by atoms with Crippen molar-refractivity contribution in [1.82, 2.24) is 0 Å². The summed E-state index contributed by atoms with van der Waals surface area (Å²) >= 11 is 0. The Morgan fingerprint density at radius 2 is 1.70 bits per heavy atom. The van der Waals surface area contributed by atoms with Gasteiger partial charge < -0.3 is 19.9 Å². The van der Waals surface area contributed by atoms with E-state index in [4.69, 9.17) is 14.6 Å². The van der Waals surface area contributed by atoms with Crippen molar-refractivity contribution < 1.29 is 24.2 Å². The molecule has 0 bridgehead atoms. The molecule has 0 atom stereocenters. The van der Waals surface area contributed by atoms with Gasteiger partial charge in [0.25, 0.3) is 5.91 Å². The van der Waals surface area contributed by atoms with Crippen LogP contribution in [0.25, 0.3) is 0 Å². The summed E-state index contributed by atoms with van der Waals surface area (Å²) in [4.78, 5) is 23.4. The molecule has 0 aromatic heterocycles. The normalized spacial score (nSPS) is 10.0. The fraction of sp³-hybridized carbons (Fsp3) is 0.176. The van der Waals surface area contributed by atoms with E-state index in [-0.39, 0.29) is 11.5 Å². The van der Waals surface area contributed by atoms with Gasteiger partial charge >= 0.3 is 5.97 Å². The third kappa shape index (κ3) is 3.60. The Balaban J connectivity index is 2.31. The lowest BCUT2D eigenvalue weighted by molar-refractivity contribution is 0.0696. The van der Waals surface area contributed by atoms with E-state index in [0.717, 1.165) is 5.56 Å². The standard InChI is InChI=1S/C17H17NO5/c1-10-7-14(22-2)15(23-3)9-13(10)16(19)18-12-6-4-5-11(8-12)17(20)21/h4-9H,1-3H3,(H,18,19)(H,20,21). The third-order valence-electron chi connectivity index (χ3n) is 3.34. The predicted octanol–water partition coefficient (Wildman–Crippen LogP) is 2.96. The quantitative estimate of drug-likeness (QED) is 0.886. The minimum atomic E-state index is -1.05. The second-order valence-corrected chi connectivity index (χ2v) is 4.86. The van der Waals surface area contributed by atoms with Gasteiger partial charge in [0, 0.05) is 11.3 Å². The summed E-state index contributed by atoms with van der Waals surface area (Å²) in [5.41, 5.74) is 1.65. The fourth-order valence-corrected chi connectivity index (χ4v) is 2.15. The largest absolute Gasteiger partial charge is 0.493 e.